The molecule has 2 heteroatoms. The molecule has 0 saturated carbocycles. The molecule has 0 radical (unpaired) electrons. The van der Waals surface area contributed by atoms with Gasteiger partial charge in [-0.05, 0) is 40.1 Å². The van der Waals surface area contributed by atoms with Crippen molar-refractivity contribution in [1.29, 1.82) is 0 Å². The highest BCUT2D eigenvalue weighted by Gasteiger charge is 2.22. The number of fused-ring (bicyclic) bond motifs is 10. The molecule has 1 nitrogen and oxygen atoms in total. The third kappa shape index (κ3) is 2.65. The number of thiophene rings is 1. The van der Waals surface area contributed by atoms with Gasteiger partial charge in [0.1, 0.15) is 0 Å². The number of rotatable bonds is 2. The monoisotopic (exact) mass is 475 g/mol. The van der Waals surface area contributed by atoms with E-state index >= 15 is 0 Å². The molecule has 6 aromatic carbocycles. The summed E-state index contributed by atoms with van der Waals surface area (Å²) in [6, 6.07) is 46.1. The van der Waals surface area contributed by atoms with E-state index in [1.807, 2.05) is 11.3 Å². The van der Waals surface area contributed by atoms with Gasteiger partial charge in [0.15, 0.2) is 0 Å². The van der Waals surface area contributed by atoms with Crippen molar-refractivity contribution in [2.45, 2.75) is 0 Å². The Morgan fingerprint density at radius 2 is 1.06 bits per heavy atom. The van der Waals surface area contributed by atoms with Gasteiger partial charge in [-0.25, -0.2) is 0 Å². The van der Waals surface area contributed by atoms with Crippen LogP contribution in [0.2, 0.25) is 0 Å². The maximum Gasteiger partial charge on any atom is 0.0726 e. The van der Waals surface area contributed by atoms with Gasteiger partial charge in [-0.2, -0.15) is 0 Å². The summed E-state index contributed by atoms with van der Waals surface area (Å²) in [5.41, 5.74) is 6.31. The van der Waals surface area contributed by atoms with E-state index < -0.39 is 0 Å². The quantitative estimate of drug-likeness (QED) is 0.234. The molecule has 0 N–H and O–H groups in total. The molecule has 8 rings (SSSR count). The van der Waals surface area contributed by atoms with Gasteiger partial charge >= 0.3 is 0 Å². The van der Waals surface area contributed by atoms with Gasteiger partial charge in [0.25, 0.3) is 0 Å². The Balaban J connectivity index is 1.68. The number of para-hydroxylation sites is 2. The topological polar surface area (TPSA) is 4.93 Å². The standard InChI is InChI=1S/C34H21NS/c1-3-12-22(13-4-1)24-19-11-20-28-31-26-17-8-7-16-25(26)30-27-18-9-10-21-29(27)35(23-14-5-2-6-15-23)32(30)34(31)36-33(24)28/h1-21H. The summed E-state index contributed by atoms with van der Waals surface area (Å²) in [5.74, 6) is 0. The van der Waals surface area contributed by atoms with Crippen LogP contribution in [0.1, 0.15) is 0 Å². The first-order chi connectivity index (χ1) is 17.9. The van der Waals surface area contributed by atoms with E-state index in [1.165, 1.54) is 69.6 Å². The van der Waals surface area contributed by atoms with Crippen molar-refractivity contribution in [3.05, 3.63) is 127 Å². The fraction of sp³-hybridized carbons (Fsp3) is 0. The summed E-state index contributed by atoms with van der Waals surface area (Å²) < 4.78 is 5.17. The van der Waals surface area contributed by atoms with Gasteiger partial charge in [0.2, 0.25) is 0 Å². The molecule has 0 atom stereocenters. The lowest BCUT2D eigenvalue weighted by Gasteiger charge is -2.10. The molecule has 0 aliphatic carbocycles. The predicted molar refractivity (Wildman–Crippen MR) is 157 cm³/mol. The van der Waals surface area contributed by atoms with Crippen LogP contribution in [0.4, 0.5) is 0 Å². The maximum atomic E-state index is 2.47. The number of aromatic nitrogens is 1. The van der Waals surface area contributed by atoms with Crippen molar-refractivity contribution < 1.29 is 0 Å². The molecule has 0 aliphatic heterocycles. The van der Waals surface area contributed by atoms with Gasteiger partial charge in [0, 0.05) is 31.9 Å². The van der Waals surface area contributed by atoms with Crippen LogP contribution in [0.3, 0.4) is 0 Å². The number of benzene rings is 6. The van der Waals surface area contributed by atoms with Crippen LogP contribution < -0.4 is 0 Å². The highest BCUT2D eigenvalue weighted by Crippen LogP contribution is 2.49. The fourth-order valence-corrected chi connectivity index (χ4v) is 7.28. The third-order valence-electron chi connectivity index (χ3n) is 7.37. The Morgan fingerprint density at radius 1 is 0.444 bits per heavy atom. The molecule has 2 aromatic heterocycles. The Labute approximate surface area is 212 Å². The summed E-state index contributed by atoms with van der Waals surface area (Å²) >= 11 is 1.93. The van der Waals surface area contributed by atoms with Crippen molar-refractivity contribution in [3.63, 3.8) is 0 Å². The number of hydrogen-bond acceptors (Lipinski definition) is 1. The highest BCUT2D eigenvalue weighted by molar-refractivity contribution is 7.27. The van der Waals surface area contributed by atoms with E-state index in [-0.39, 0.29) is 0 Å². The summed E-state index contributed by atoms with van der Waals surface area (Å²) in [6.07, 6.45) is 0. The summed E-state index contributed by atoms with van der Waals surface area (Å²) in [7, 11) is 0. The van der Waals surface area contributed by atoms with Crippen LogP contribution in [-0.4, -0.2) is 4.57 Å². The smallest absolute Gasteiger partial charge is 0.0726 e. The summed E-state index contributed by atoms with van der Waals surface area (Å²) in [6.45, 7) is 0. The molecule has 0 saturated heterocycles. The van der Waals surface area contributed by atoms with Gasteiger partial charge in [0.05, 0.1) is 15.7 Å². The van der Waals surface area contributed by atoms with Gasteiger partial charge in [-0.15, -0.1) is 11.3 Å². The molecule has 36 heavy (non-hydrogen) atoms. The van der Waals surface area contributed by atoms with Crippen molar-refractivity contribution in [1.82, 2.24) is 4.57 Å². The first-order valence-corrected chi connectivity index (χ1v) is 13.1. The van der Waals surface area contributed by atoms with Crippen LogP contribution >= 0.6 is 11.3 Å². The normalized spacial score (nSPS) is 11.9. The molecular formula is C34H21NS. The van der Waals surface area contributed by atoms with E-state index in [0.29, 0.717) is 0 Å². The van der Waals surface area contributed by atoms with E-state index in [0.717, 1.165) is 0 Å². The molecule has 0 aliphatic rings. The van der Waals surface area contributed by atoms with Crippen LogP contribution in [0.25, 0.3) is 69.6 Å². The lowest BCUT2D eigenvalue weighted by molar-refractivity contribution is 1.19. The number of hydrogen-bond donors (Lipinski definition) is 0. The van der Waals surface area contributed by atoms with E-state index in [9.17, 15) is 0 Å². The first-order valence-electron chi connectivity index (χ1n) is 12.3. The molecule has 0 spiro atoms. The van der Waals surface area contributed by atoms with Crippen molar-refractivity contribution in [3.8, 4) is 16.8 Å². The Hall–Kier alpha value is -4.40. The first kappa shape index (κ1) is 19.9. The number of nitrogens with zero attached hydrogens (tertiary/aromatic N) is 1. The molecule has 0 amide bonds. The van der Waals surface area contributed by atoms with Crippen LogP contribution in [0, 0.1) is 0 Å². The molecular weight excluding hydrogens is 454 g/mol. The molecule has 8 aromatic rings. The lowest BCUT2D eigenvalue weighted by atomic mass is 9.97. The lowest BCUT2D eigenvalue weighted by Crippen LogP contribution is -1.93. The van der Waals surface area contributed by atoms with E-state index in [1.54, 1.807) is 0 Å². The summed E-state index contributed by atoms with van der Waals surface area (Å²) in [4.78, 5) is 0. The minimum absolute atomic E-state index is 1.20. The van der Waals surface area contributed by atoms with Crippen molar-refractivity contribution in [2.75, 3.05) is 0 Å². The molecule has 0 bridgehead atoms. The van der Waals surface area contributed by atoms with E-state index in [2.05, 4.69) is 132 Å². The second-order valence-corrected chi connectivity index (χ2v) is 10.3. The predicted octanol–water partition coefficient (Wildman–Crippen LogP) is 9.97. The third-order valence-corrected chi connectivity index (χ3v) is 8.62. The van der Waals surface area contributed by atoms with Crippen LogP contribution in [0.15, 0.2) is 127 Å². The fourth-order valence-electron chi connectivity index (χ4n) is 5.89. The minimum atomic E-state index is 1.20. The second kappa shape index (κ2) is 7.55. The molecule has 168 valence electrons. The maximum absolute atomic E-state index is 2.47. The molecule has 0 unspecified atom stereocenters. The van der Waals surface area contributed by atoms with Crippen LogP contribution in [0.5, 0.6) is 0 Å². The Morgan fingerprint density at radius 3 is 1.83 bits per heavy atom. The zero-order chi connectivity index (χ0) is 23.6. The zero-order valence-corrected chi connectivity index (χ0v) is 20.3. The van der Waals surface area contributed by atoms with E-state index in [4.69, 9.17) is 0 Å². The van der Waals surface area contributed by atoms with Crippen LogP contribution in [-0.2, 0) is 0 Å². The average Bonchev–Trinajstić information content (AvgIpc) is 3.51. The SMILES string of the molecule is c1ccc(-c2cccc3c2sc2c3c3ccccc3c3c4ccccc4n(-c4ccccc4)c23)cc1. The second-order valence-electron chi connectivity index (χ2n) is 9.31. The van der Waals surface area contributed by atoms with Crippen molar-refractivity contribution in [2.24, 2.45) is 0 Å². The zero-order valence-electron chi connectivity index (χ0n) is 19.5. The highest BCUT2D eigenvalue weighted by atomic mass is 32.1. The summed E-state index contributed by atoms with van der Waals surface area (Å²) in [5, 5.41) is 7.97. The average molecular weight is 476 g/mol. The molecule has 0 fully saturated rings. The van der Waals surface area contributed by atoms with Gasteiger partial charge in [-0.1, -0.05) is 109 Å². The van der Waals surface area contributed by atoms with Crippen molar-refractivity contribution >= 4 is 64.1 Å². The van der Waals surface area contributed by atoms with Gasteiger partial charge < -0.3 is 4.57 Å². The largest absolute Gasteiger partial charge is 0.308 e. The Bertz CT molecular complexity index is 2080. The van der Waals surface area contributed by atoms with Gasteiger partial charge in [-0.3, -0.25) is 0 Å². The Kier molecular flexibility index (Phi) is 4.16. The minimum Gasteiger partial charge on any atom is -0.308 e. The molecule has 2 heterocycles.